The van der Waals surface area contributed by atoms with Crippen LogP contribution in [0.25, 0.3) is 39.1 Å². The highest BCUT2D eigenvalue weighted by molar-refractivity contribution is 7.98. The highest BCUT2D eigenvalue weighted by Crippen LogP contribution is 2.67. The van der Waals surface area contributed by atoms with E-state index in [0.717, 1.165) is 57.7 Å². The third-order valence-electron chi connectivity index (χ3n) is 12.3. The van der Waals surface area contributed by atoms with Gasteiger partial charge in [0.2, 0.25) is 0 Å². The zero-order valence-electron chi connectivity index (χ0n) is 32.7. The lowest BCUT2D eigenvalue weighted by Crippen LogP contribution is -2.44. The molecule has 0 radical (unpaired) electrons. The first-order valence-electron chi connectivity index (χ1n) is 19.2. The molecule has 1 aliphatic heterocycles. The second kappa shape index (κ2) is 12.7. The average Bonchev–Trinajstić information content (AvgIpc) is 3.44. The summed E-state index contributed by atoms with van der Waals surface area (Å²) in [4.78, 5) is 1.19. The number of thioether (sulfide) groups is 1. The molecule has 0 atom stereocenters. The summed E-state index contributed by atoms with van der Waals surface area (Å²) in [5.41, 5.74) is 9.96. The molecule has 1 heterocycles. The number of phenols is 1. The van der Waals surface area contributed by atoms with Gasteiger partial charge >= 0.3 is 0 Å². The number of hydrogen-bond donors (Lipinski definition) is 1. The molecule has 0 unspecified atom stereocenters. The zero-order chi connectivity index (χ0) is 38.3. The minimum Gasteiger partial charge on any atom is -0.508 e. The maximum absolute atomic E-state index is 10.2. The molecule has 55 heavy (non-hydrogen) atoms. The predicted molar refractivity (Wildman–Crippen MR) is 227 cm³/mol. The van der Waals surface area contributed by atoms with Crippen molar-refractivity contribution in [3.8, 4) is 45.3 Å². The van der Waals surface area contributed by atoms with Gasteiger partial charge < -0.3 is 19.3 Å². The molecule has 1 spiro atoms. The molecule has 0 saturated heterocycles. The largest absolute Gasteiger partial charge is 0.508 e. The van der Waals surface area contributed by atoms with Gasteiger partial charge in [-0.1, -0.05) is 94.4 Å². The Morgan fingerprint density at radius 3 is 1.85 bits per heavy atom. The highest BCUT2D eigenvalue weighted by Gasteiger charge is 2.55. The second-order valence-electron chi connectivity index (χ2n) is 17.3. The fourth-order valence-corrected chi connectivity index (χ4v) is 11.5. The van der Waals surface area contributed by atoms with Crippen LogP contribution in [0.2, 0.25) is 0 Å². The first-order chi connectivity index (χ1) is 26.4. The Bertz CT molecular complexity index is 2430. The molecular formula is C50H48O4S. The van der Waals surface area contributed by atoms with Gasteiger partial charge in [0.25, 0.3) is 0 Å². The molecule has 1 fully saturated rings. The van der Waals surface area contributed by atoms with E-state index in [0.29, 0.717) is 0 Å². The first kappa shape index (κ1) is 35.6. The molecule has 6 aromatic carbocycles. The summed E-state index contributed by atoms with van der Waals surface area (Å²) in [6, 6.07) is 38.0. The van der Waals surface area contributed by atoms with Crippen LogP contribution in [0, 0.1) is 10.8 Å². The monoisotopic (exact) mass is 744 g/mol. The molecule has 0 bridgehead atoms. The Kier molecular flexibility index (Phi) is 8.22. The number of ether oxygens (including phenoxy) is 3. The van der Waals surface area contributed by atoms with Crippen molar-refractivity contribution in [2.45, 2.75) is 62.9 Å². The maximum Gasteiger partial charge on any atom is 0.178 e. The van der Waals surface area contributed by atoms with Gasteiger partial charge in [0.1, 0.15) is 23.0 Å². The van der Waals surface area contributed by atoms with Crippen molar-refractivity contribution in [2.75, 3.05) is 20.5 Å². The van der Waals surface area contributed by atoms with E-state index in [1.165, 1.54) is 44.5 Å². The molecule has 9 rings (SSSR count). The summed E-state index contributed by atoms with van der Waals surface area (Å²) in [7, 11) is 3.40. The van der Waals surface area contributed by atoms with Gasteiger partial charge in [0.15, 0.2) is 5.60 Å². The predicted octanol–water partition coefficient (Wildman–Crippen LogP) is 12.8. The van der Waals surface area contributed by atoms with E-state index in [9.17, 15) is 5.11 Å². The van der Waals surface area contributed by atoms with Crippen molar-refractivity contribution in [1.82, 2.24) is 0 Å². The van der Waals surface area contributed by atoms with E-state index >= 15 is 0 Å². The van der Waals surface area contributed by atoms with Crippen LogP contribution in [0.1, 0.15) is 74.8 Å². The molecule has 278 valence electrons. The molecule has 5 heteroatoms. The highest BCUT2D eigenvalue weighted by atomic mass is 32.2. The summed E-state index contributed by atoms with van der Waals surface area (Å²) in [6.45, 7) is 9.85. The topological polar surface area (TPSA) is 47.9 Å². The van der Waals surface area contributed by atoms with E-state index < -0.39 is 5.60 Å². The van der Waals surface area contributed by atoms with Crippen molar-refractivity contribution in [3.63, 3.8) is 0 Å². The first-order valence-corrected chi connectivity index (χ1v) is 20.4. The van der Waals surface area contributed by atoms with Crippen LogP contribution in [0.15, 0.2) is 120 Å². The Balaban J connectivity index is 1.41. The van der Waals surface area contributed by atoms with Crippen LogP contribution >= 0.6 is 11.8 Å². The van der Waals surface area contributed by atoms with Crippen LogP contribution in [0.4, 0.5) is 0 Å². The Labute approximate surface area is 329 Å². The Morgan fingerprint density at radius 2 is 1.27 bits per heavy atom. The van der Waals surface area contributed by atoms with E-state index in [-0.39, 0.29) is 22.0 Å². The molecule has 0 amide bonds. The Morgan fingerprint density at radius 1 is 0.673 bits per heavy atom. The van der Waals surface area contributed by atoms with Crippen LogP contribution in [-0.2, 0) is 11.0 Å². The van der Waals surface area contributed by atoms with Gasteiger partial charge in [-0.2, -0.15) is 0 Å². The molecule has 4 nitrogen and oxygen atoms in total. The molecule has 1 N–H and O–H groups in total. The summed E-state index contributed by atoms with van der Waals surface area (Å²) in [5.74, 6) is 2.73. The van der Waals surface area contributed by atoms with Crippen LogP contribution in [-0.4, -0.2) is 25.6 Å². The van der Waals surface area contributed by atoms with Gasteiger partial charge in [-0.3, -0.25) is 0 Å². The molecule has 0 aromatic heterocycles. The fraction of sp³-hybridized carbons (Fsp3) is 0.280. The number of fused-ring (bicyclic) bond motifs is 10. The van der Waals surface area contributed by atoms with E-state index in [2.05, 4.69) is 107 Å². The van der Waals surface area contributed by atoms with Crippen LogP contribution in [0.3, 0.4) is 0 Å². The van der Waals surface area contributed by atoms with Gasteiger partial charge in [-0.05, 0) is 130 Å². The quantitative estimate of drug-likeness (QED) is 0.172. The summed E-state index contributed by atoms with van der Waals surface area (Å²) in [6.07, 6.45) is 10.1. The lowest BCUT2D eigenvalue weighted by atomic mass is 9.52. The lowest BCUT2D eigenvalue weighted by Gasteiger charge is -2.52. The average molecular weight is 745 g/mol. The standard InChI is InChI=1S/C50H48O4S/c1-47(2)28-48(3,4)30-49(29-47)42-11-9-8-10-37(42)44-40-27-43(55-7)39(31-12-18-34(51)19-13-31)26-41(40)46-38(45(44)49)24-25-50(54-46,32-14-20-35(52-5)21-15-32)33-16-22-36(53-6)23-17-33/h8-27,51H,28-30H2,1-7H3. The van der Waals surface area contributed by atoms with Crippen molar-refractivity contribution in [3.05, 3.63) is 143 Å². The third kappa shape index (κ3) is 5.57. The van der Waals surface area contributed by atoms with Crippen molar-refractivity contribution >= 4 is 28.6 Å². The Hall–Kier alpha value is -5.13. The van der Waals surface area contributed by atoms with E-state index in [4.69, 9.17) is 14.2 Å². The maximum atomic E-state index is 10.2. The van der Waals surface area contributed by atoms with Crippen molar-refractivity contribution in [2.24, 2.45) is 10.8 Å². The van der Waals surface area contributed by atoms with E-state index in [1.54, 1.807) is 38.1 Å². The minimum absolute atomic E-state index is 0.126. The fourth-order valence-electron chi connectivity index (χ4n) is 10.9. The molecule has 1 saturated carbocycles. The number of aromatic hydroxyl groups is 1. The number of methoxy groups -OCH3 is 2. The summed E-state index contributed by atoms with van der Waals surface area (Å²) < 4.78 is 19.0. The number of rotatable bonds is 6. The second-order valence-corrected chi connectivity index (χ2v) is 18.1. The minimum atomic E-state index is -0.937. The SMILES string of the molecule is COc1ccc(C2(c3ccc(OC)cc3)C=Cc3c4c(c5cc(SC)c(-c6ccc(O)cc6)cc5c3O2)-c2ccccc2C42CC(C)(C)CC(C)(C)C2)cc1. The van der Waals surface area contributed by atoms with Gasteiger partial charge in [0, 0.05) is 32.4 Å². The normalized spacial score (nSPS) is 17.9. The summed E-state index contributed by atoms with van der Waals surface area (Å²) in [5, 5.41) is 12.5. The molecule has 2 aliphatic carbocycles. The van der Waals surface area contributed by atoms with Gasteiger partial charge in [0.05, 0.1) is 14.2 Å². The van der Waals surface area contributed by atoms with Gasteiger partial charge in [-0.15, -0.1) is 11.8 Å². The molecular weight excluding hydrogens is 697 g/mol. The van der Waals surface area contributed by atoms with Crippen LogP contribution in [0.5, 0.6) is 23.0 Å². The number of phenolic OH excluding ortho intramolecular Hbond substituents is 1. The number of hydrogen-bond acceptors (Lipinski definition) is 5. The van der Waals surface area contributed by atoms with Crippen LogP contribution < -0.4 is 14.2 Å². The van der Waals surface area contributed by atoms with Crippen molar-refractivity contribution < 1.29 is 19.3 Å². The van der Waals surface area contributed by atoms with Gasteiger partial charge in [-0.25, -0.2) is 0 Å². The van der Waals surface area contributed by atoms with E-state index in [1.807, 2.05) is 36.4 Å². The lowest BCUT2D eigenvalue weighted by molar-refractivity contribution is 0.0642. The molecule has 3 aliphatic rings. The van der Waals surface area contributed by atoms with Crippen molar-refractivity contribution in [1.29, 1.82) is 0 Å². The summed E-state index contributed by atoms with van der Waals surface area (Å²) >= 11 is 1.76. The smallest absolute Gasteiger partial charge is 0.178 e. The number of benzene rings is 6. The molecule has 6 aromatic rings. The third-order valence-corrected chi connectivity index (χ3v) is 13.1. The zero-order valence-corrected chi connectivity index (χ0v) is 33.6.